The van der Waals surface area contributed by atoms with E-state index in [0.717, 1.165) is 6.42 Å². The van der Waals surface area contributed by atoms with Gasteiger partial charge in [-0.25, -0.2) is 4.98 Å². The van der Waals surface area contributed by atoms with Crippen molar-refractivity contribution in [3.05, 3.63) is 64.4 Å². The summed E-state index contributed by atoms with van der Waals surface area (Å²) in [6, 6.07) is 13.5. The van der Waals surface area contributed by atoms with Crippen molar-refractivity contribution in [2.45, 2.75) is 31.5 Å². The number of hydrogen-bond donors (Lipinski definition) is 2. The smallest absolute Gasteiger partial charge is 0.262 e. The summed E-state index contributed by atoms with van der Waals surface area (Å²) >= 11 is 1.22. The minimum atomic E-state index is -0.524. The van der Waals surface area contributed by atoms with Gasteiger partial charge in [-0.05, 0) is 49.7 Å². The molecular formula is C21H22N4O3S. The van der Waals surface area contributed by atoms with Crippen molar-refractivity contribution in [2.24, 2.45) is 5.73 Å². The number of para-hydroxylation sites is 1. The van der Waals surface area contributed by atoms with Gasteiger partial charge in [-0.1, -0.05) is 30.8 Å². The summed E-state index contributed by atoms with van der Waals surface area (Å²) in [6.07, 6.45) is 0.770. The van der Waals surface area contributed by atoms with Crippen molar-refractivity contribution in [3.8, 4) is 0 Å². The average molecular weight is 410 g/mol. The fourth-order valence-electron chi connectivity index (χ4n) is 2.84. The Morgan fingerprint density at radius 1 is 1.17 bits per heavy atom. The second-order valence-electron chi connectivity index (χ2n) is 6.62. The summed E-state index contributed by atoms with van der Waals surface area (Å²) in [5, 5.41) is 3.85. The van der Waals surface area contributed by atoms with E-state index in [0.29, 0.717) is 27.3 Å². The molecule has 150 valence electrons. The number of aromatic nitrogens is 2. The first kappa shape index (κ1) is 20.6. The molecule has 7 nitrogen and oxygen atoms in total. The van der Waals surface area contributed by atoms with Gasteiger partial charge in [0, 0.05) is 17.3 Å². The highest BCUT2D eigenvalue weighted by Crippen LogP contribution is 2.22. The maximum absolute atomic E-state index is 12.9. The van der Waals surface area contributed by atoms with E-state index in [9.17, 15) is 14.4 Å². The molecule has 1 aromatic heterocycles. The van der Waals surface area contributed by atoms with E-state index >= 15 is 0 Å². The fraction of sp³-hybridized carbons (Fsp3) is 0.238. The summed E-state index contributed by atoms with van der Waals surface area (Å²) in [5.41, 5.74) is 6.66. The molecule has 29 heavy (non-hydrogen) atoms. The second-order valence-corrected chi connectivity index (χ2v) is 7.56. The Bertz CT molecular complexity index is 1110. The monoisotopic (exact) mass is 410 g/mol. The van der Waals surface area contributed by atoms with E-state index in [-0.39, 0.29) is 23.3 Å². The van der Waals surface area contributed by atoms with Crippen molar-refractivity contribution < 1.29 is 9.59 Å². The van der Waals surface area contributed by atoms with Crippen LogP contribution < -0.4 is 16.6 Å². The quantitative estimate of drug-likeness (QED) is 0.459. The molecule has 3 rings (SSSR count). The van der Waals surface area contributed by atoms with Crippen molar-refractivity contribution in [3.63, 3.8) is 0 Å². The molecule has 2 aromatic carbocycles. The van der Waals surface area contributed by atoms with Crippen molar-refractivity contribution >= 4 is 40.2 Å². The van der Waals surface area contributed by atoms with Gasteiger partial charge in [0.2, 0.25) is 11.8 Å². The molecule has 0 spiro atoms. The zero-order chi connectivity index (χ0) is 21.0. The Morgan fingerprint density at radius 3 is 2.52 bits per heavy atom. The lowest BCUT2D eigenvalue weighted by atomic mass is 10.2. The van der Waals surface area contributed by atoms with Crippen LogP contribution in [0.15, 0.2) is 58.5 Å². The maximum Gasteiger partial charge on any atom is 0.262 e. The lowest BCUT2D eigenvalue weighted by molar-refractivity contribution is -0.113. The van der Waals surface area contributed by atoms with Crippen molar-refractivity contribution in [1.82, 2.24) is 9.55 Å². The van der Waals surface area contributed by atoms with Gasteiger partial charge in [0.1, 0.15) is 0 Å². The molecule has 0 aliphatic heterocycles. The fourth-order valence-corrected chi connectivity index (χ4v) is 3.74. The predicted molar refractivity (Wildman–Crippen MR) is 115 cm³/mol. The van der Waals surface area contributed by atoms with Gasteiger partial charge < -0.3 is 11.1 Å². The number of primary amides is 1. The van der Waals surface area contributed by atoms with E-state index in [1.54, 1.807) is 41.0 Å². The molecule has 0 aliphatic rings. The SMILES string of the molecule is CC[C@@H](C)n1c(SCC(=O)Nc2ccc(C(N)=O)cc2)nc2ccccc2c1=O. The first-order chi connectivity index (χ1) is 13.9. The van der Waals surface area contributed by atoms with Crippen LogP contribution in [0.3, 0.4) is 0 Å². The molecule has 1 heterocycles. The Hall–Kier alpha value is -3.13. The zero-order valence-electron chi connectivity index (χ0n) is 16.2. The topological polar surface area (TPSA) is 107 Å². The molecule has 0 aliphatic carbocycles. The largest absolute Gasteiger partial charge is 0.366 e. The minimum absolute atomic E-state index is 0.0356. The lowest BCUT2D eigenvalue weighted by Gasteiger charge is -2.18. The van der Waals surface area contributed by atoms with E-state index in [1.165, 1.54) is 11.8 Å². The normalized spacial score (nSPS) is 11.9. The van der Waals surface area contributed by atoms with Crippen LogP contribution in [-0.4, -0.2) is 27.1 Å². The number of hydrogen-bond acceptors (Lipinski definition) is 5. The first-order valence-electron chi connectivity index (χ1n) is 9.24. The van der Waals surface area contributed by atoms with Crippen LogP contribution in [0.5, 0.6) is 0 Å². The van der Waals surface area contributed by atoms with Gasteiger partial charge in [-0.3, -0.25) is 19.0 Å². The second kappa shape index (κ2) is 8.91. The van der Waals surface area contributed by atoms with Gasteiger partial charge in [0.25, 0.3) is 5.56 Å². The number of nitrogens with one attached hydrogen (secondary N) is 1. The molecule has 3 N–H and O–H groups in total. The summed E-state index contributed by atoms with van der Waals surface area (Å²) in [7, 11) is 0. The number of thioether (sulfide) groups is 1. The molecule has 0 fully saturated rings. The van der Waals surface area contributed by atoms with E-state index in [4.69, 9.17) is 5.73 Å². The van der Waals surface area contributed by atoms with Crippen LogP contribution in [-0.2, 0) is 4.79 Å². The number of benzene rings is 2. The Kier molecular flexibility index (Phi) is 6.33. The number of nitrogens with zero attached hydrogens (tertiary/aromatic N) is 2. The van der Waals surface area contributed by atoms with E-state index < -0.39 is 5.91 Å². The van der Waals surface area contributed by atoms with Gasteiger partial charge in [0.05, 0.1) is 16.7 Å². The zero-order valence-corrected chi connectivity index (χ0v) is 17.0. The first-order valence-corrected chi connectivity index (χ1v) is 10.2. The number of anilines is 1. The number of fused-ring (bicyclic) bond motifs is 1. The van der Waals surface area contributed by atoms with Crippen LogP contribution >= 0.6 is 11.8 Å². The molecular weight excluding hydrogens is 388 g/mol. The summed E-state index contributed by atoms with van der Waals surface area (Å²) in [5.74, 6) is -0.664. The third kappa shape index (κ3) is 4.65. The van der Waals surface area contributed by atoms with E-state index in [1.807, 2.05) is 26.0 Å². The molecule has 0 bridgehead atoms. The molecule has 0 unspecified atom stereocenters. The van der Waals surface area contributed by atoms with E-state index in [2.05, 4.69) is 10.3 Å². The number of carbonyl (C=O) groups is 2. The summed E-state index contributed by atoms with van der Waals surface area (Å²) < 4.78 is 1.65. The van der Waals surface area contributed by atoms with Crippen molar-refractivity contribution in [1.29, 1.82) is 0 Å². The molecule has 0 saturated heterocycles. The van der Waals surface area contributed by atoms with Gasteiger partial charge in [0.15, 0.2) is 5.16 Å². The van der Waals surface area contributed by atoms with Crippen LogP contribution in [0, 0.1) is 0 Å². The van der Waals surface area contributed by atoms with Gasteiger partial charge >= 0.3 is 0 Å². The highest BCUT2D eigenvalue weighted by Gasteiger charge is 2.16. The number of rotatable bonds is 7. The molecule has 8 heteroatoms. The predicted octanol–water partition coefficient (Wildman–Crippen LogP) is 3.20. The molecule has 0 saturated carbocycles. The van der Waals surface area contributed by atoms with Crippen LogP contribution in [0.25, 0.3) is 10.9 Å². The Balaban J connectivity index is 1.79. The maximum atomic E-state index is 12.9. The molecule has 0 radical (unpaired) electrons. The molecule has 1 atom stereocenters. The highest BCUT2D eigenvalue weighted by molar-refractivity contribution is 7.99. The van der Waals surface area contributed by atoms with Crippen LogP contribution in [0.2, 0.25) is 0 Å². The van der Waals surface area contributed by atoms with Gasteiger partial charge in [-0.2, -0.15) is 0 Å². The summed E-state index contributed by atoms with van der Waals surface area (Å²) in [6.45, 7) is 3.96. The lowest BCUT2D eigenvalue weighted by Crippen LogP contribution is -2.26. The molecule has 2 amide bonds. The number of amides is 2. The standard InChI is InChI=1S/C21H22N4O3S/c1-3-13(2)25-20(28)16-6-4-5-7-17(16)24-21(25)29-12-18(26)23-15-10-8-14(9-11-15)19(22)27/h4-11,13H,3,12H2,1-2H3,(H2,22,27)(H,23,26)/t13-/m1/s1. The Labute approximate surface area is 172 Å². The minimum Gasteiger partial charge on any atom is -0.366 e. The Morgan fingerprint density at radius 2 is 1.86 bits per heavy atom. The molecule has 3 aromatic rings. The van der Waals surface area contributed by atoms with Crippen LogP contribution in [0.4, 0.5) is 5.69 Å². The average Bonchev–Trinajstić information content (AvgIpc) is 2.72. The third-order valence-electron chi connectivity index (χ3n) is 4.59. The summed E-state index contributed by atoms with van der Waals surface area (Å²) in [4.78, 5) is 41.0. The van der Waals surface area contributed by atoms with Crippen molar-refractivity contribution in [2.75, 3.05) is 11.1 Å². The van der Waals surface area contributed by atoms with Crippen LogP contribution in [0.1, 0.15) is 36.7 Å². The number of carbonyl (C=O) groups excluding carboxylic acids is 2. The number of nitrogens with two attached hydrogens (primary N) is 1. The highest BCUT2D eigenvalue weighted by atomic mass is 32.2. The third-order valence-corrected chi connectivity index (χ3v) is 5.55. The van der Waals surface area contributed by atoms with Gasteiger partial charge in [-0.15, -0.1) is 0 Å².